The summed E-state index contributed by atoms with van der Waals surface area (Å²) in [5, 5.41) is 6.90. The Morgan fingerprint density at radius 1 is 0.917 bits per heavy atom. The number of esters is 1. The lowest BCUT2D eigenvalue weighted by molar-refractivity contribution is -0.168. The number of nitrogens with one attached hydrogen (secondary N) is 2. The normalized spacial score (nSPS) is 19.0. The molecule has 6 rings (SSSR count). The molecule has 3 atom stereocenters. The van der Waals surface area contributed by atoms with Crippen LogP contribution < -0.4 is 20.4 Å². The van der Waals surface area contributed by atoms with Gasteiger partial charge in [0.2, 0.25) is 12.2 Å². The van der Waals surface area contributed by atoms with Gasteiger partial charge in [-0.15, -0.1) is 0 Å². The number of ether oxygens (including phenoxy) is 3. The highest BCUT2D eigenvalue weighted by molar-refractivity contribution is 6.12. The number of hydrogen-bond acceptors (Lipinski definition) is 9. The van der Waals surface area contributed by atoms with Gasteiger partial charge in [0.15, 0.2) is 0 Å². The molecule has 2 N–H and O–H groups in total. The molecule has 3 aromatic carbocycles. The third-order valence-corrected chi connectivity index (χ3v) is 8.02. The average molecular weight is 652 g/mol. The Balaban J connectivity index is 1.26. The van der Waals surface area contributed by atoms with E-state index >= 15 is 0 Å². The van der Waals surface area contributed by atoms with Crippen LogP contribution in [0.25, 0.3) is 10.8 Å². The Labute approximate surface area is 275 Å². The summed E-state index contributed by atoms with van der Waals surface area (Å²) in [5.41, 5.74) is 1.59. The Bertz CT molecular complexity index is 1850. The third-order valence-electron chi connectivity index (χ3n) is 8.02. The summed E-state index contributed by atoms with van der Waals surface area (Å²) in [4.78, 5) is 73.8. The first-order valence-corrected chi connectivity index (χ1v) is 15.3. The second kappa shape index (κ2) is 14.4. The first-order chi connectivity index (χ1) is 23.3. The van der Waals surface area contributed by atoms with Crippen molar-refractivity contribution in [2.45, 2.75) is 31.4 Å². The molecule has 13 nitrogen and oxygen atoms in total. The number of carbonyl (C=O) groups excluding carboxylic acids is 5. The molecule has 0 bridgehead atoms. The van der Waals surface area contributed by atoms with E-state index in [0.29, 0.717) is 11.1 Å². The first kappa shape index (κ1) is 32.3. The van der Waals surface area contributed by atoms with Gasteiger partial charge in [-0.25, -0.2) is 0 Å². The number of benzene rings is 3. The van der Waals surface area contributed by atoms with Crippen LogP contribution in [0.2, 0.25) is 0 Å². The Kier molecular flexibility index (Phi) is 9.69. The number of para-hydroxylation sites is 2. The number of fused-ring (bicyclic) bond motifs is 2. The predicted octanol–water partition coefficient (Wildman–Crippen LogP) is 2.33. The van der Waals surface area contributed by atoms with Crippen LogP contribution in [-0.2, 0) is 40.0 Å². The van der Waals surface area contributed by atoms with Crippen LogP contribution >= 0.6 is 0 Å². The van der Waals surface area contributed by atoms with Crippen LogP contribution in [-0.4, -0.2) is 79.8 Å². The van der Waals surface area contributed by atoms with Crippen LogP contribution in [0, 0.1) is 0 Å². The molecule has 0 aliphatic carbocycles. The summed E-state index contributed by atoms with van der Waals surface area (Å²) >= 11 is 0. The Hall–Kier alpha value is -5.66. The smallest absolute Gasteiger partial charge is 0.310 e. The van der Waals surface area contributed by atoms with Crippen molar-refractivity contribution in [1.29, 1.82) is 0 Å². The molecule has 4 aromatic rings. The van der Waals surface area contributed by atoms with E-state index in [1.54, 1.807) is 42.5 Å². The minimum absolute atomic E-state index is 0.106. The molecule has 3 heterocycles. The lowest BCUT2D eigenvalue weighted by Gasteiger charge is -2.26. The van der Waals surface area contributed by atoms with Crippen molar-refractivity contribution in [3.63, 3.8) is 0 Å². The number of hydrogen-bond donors (Lipinski definition) is 2. The zero-order valence-electron chi connectivity index (χ0n) is 26.0. The fourth-order valence-corrected chi connectivity index (χ4v) is 5.78. The van der Waals surface area contributed by atoms with Crippen LogP contribution in [0.1, 0.15) is 22.5 Å². The summed E-state index contributed by atoms with van der Waals surface area (Å²) < 4.78 is 16.2. The zero-order chi connectivity index (χ0) is 33.6. The maximum atomic E-state index is 14.3. The van der Waals surface area contributed by atoms with E-state index in [1.165, 1.54) is 23.1 Å². The molecule has 0 radical (unpaired) electrons. The number of cyclic esters (lactones) is 1. The molecule has 1 aromatic heterocycles. The molecular formula is C35H33N5O8. The second-order valence-electron chi connectivity index (χ2n) is 11.3. The van der Waals surface area contributed by atoms with Gasteiger partial charge in [0.05, 0.1) is 30.9 Å². The van der Waals surface area contributed by atoms with E-state index < -0.39 is 54.5 Å². The molecule has 2 aliphatic heterocycles. The van der Waals surface area contributed by atoms with Gasteiger partial charge in [0.25, 0.3) is 17.7 Å². The fourth-order valence-electron chi connectivity index (χ4n) is 5.78. The number of anilines is 2. The molecule has 48 heavy (non-hydrogen) atoms. The minimum Gasteiger partial charge on any atom is -0.433 e. The summed E-state index contributed by atoms with van der Waals surface area (Å²) in [6.07, 6.45) is 0.351. The monoisotopic (exact) mass is 651 g/mol. The maximum absolute atomic E-state index is 14.3. The highest BCUT2D eigenvalue weighted by atomic mass is 16.7. The molecule has 1 saturated heterocycles. The second-order valence-corrected chi connectivity index (χ2v) is 11.3. The number of methoxy groups -OCH3 is 1. The molecule has 4 amide bonds. The summed E-state index contributed by atoms with van der Waals surface area (Å²) in [5.74, 6) is -2.85. The SMILES string of the molecule is COCC(=O)N1CC(NC(=O)c2nccc3ccccc23)C(=O)N(CC(=O)N[C@H]2CC(=O)OC2OCc2ccccc2)c2ccccc21. The van der Waals surface area contributed by atoms with E-state index in [4.69, 9.17) is 14.2 Å². The number of aromatic nitrogens is 1. The number of rotatable bonds is 10. The molecular weight excluding hydrogens is 618 g/mol. The van der Waals surface area contributed by atoms with Gasteiger partial charge in [-0.1, -0.05) is 66.7 Å². The molecule has 2 unspecified atom stereocenters. The number of nitrogens with zero attached hydrogens (tertiary/aromatic N) is 3. The molecule has 0 spiro atoms. The Morgan fingerprint density at radius 3 is 2.44 bits per heavy atom. The molecule has 2 aliphatic rings. The van der Waals surface area contributed by atoms with Gasteiger partial charge in [0.1, 0.15) is 30.9 Å². The van der Waals surface area contributed by atoms with Gasteiger partial charge in [-0.2, -0.15) is 0 Å². The molecule has 0 saturated carbocycles. The summed E-state index contributed by atoms with van der Waals surface area (Å²) in [7, 11) is 1.38. The topological polar surface area (TPSA) is 156 Å². The van der Waals surface area contributed by atoms with Gasteiger partial charge < -0.3 is 29.7 Å². The van der Waals surface area contributed by atoms with E-state index in [0.717, 1.165) is 10.9 Å². The van der Waals surface area contributed by atoms with Crippen LogP contribution in [0.5, 0.6) is 0 Å². The van der Waals surface area contributed by atoms with Gasteiger partial charge >= 0.3 is 5.97 Å². The predicted molar refractivity (Wildman–Crippen MR) is 174 cm³/mol. The molecule has 1 fully saturated rings. The lowest BCUT2D eigenvalue weighted by atomic mass is 10.1. The highest BCUT2D eigenvalue weighted by Gasteiger charge is 2.40. The van der Waals surface area contributed by atoms with Gasteiger partial charge in [-0.05, 0) is 29.1 Å². The summed E-state index contributed by atoms with van der Waals surface area (Å²) in [6, 6.07) is 22.8. The van der Waals surface area contributed by atoms with Crippen molar-refractivity contribution in [2.75, 3.05) is 36.6 Å². The largest absolute Gasteiger partial charge is 0.433 e. The van der Waals surface area contributed by atoms with Crippen molar-refractivity contribution in [3.05, 3.63) is 102 Å². The van der Waals surface area contributed by atoms with Gasteiger partial charge in [0, 0.05) is 18.7 Å². The van der Waals surface area contributed by atoms with Crippen molar-refractivity contribution in [3.8, 4) is 0 Å². The van der Waals surface area contributed by atoms with Crippen molar-refractivity contribution >= 4 is 51.7 Å². The molecule has 13 heteroatoms. The third kappa shape index (κ3) is 7.01. The number of carbonyl (C=O) groups is 5. The van der Waals surface area contributed by atoms with E-state index in [-0.39, 0.29) is 37.6 Å². The quantitative estimate of drug-likeness (QED) is 0.246. The van der Waals surface area contributed by atoms with E-state index in [2.05, 4.69) is 15.6 Å². The van der Waals surface area contributed by atoms with E-state index in [9.17, 15) is 24.0 Å². The van der Waals surface area contributed by atoms with Gasteiger partial charge in [-0.3, -0.25) is 33.9 Å². The summed E-state index contributed by atoms with van der Waals surface area (Å²) in [6.45, 7) is -0.847. The number of amides is 4. The lowest BCUT2D eigenvalue weighted by Crippen LogP contribution is -2.55. The van der Waals surface area contributed by atoms with Crippen molar-refractivity contribution < 1.29 is 38.2 Å². The zero-order valence-corrected chi connectivity index (χ0v) is 26.0. The number of pyridine rings is 1. The maximum Gasteiger partial charge on any atom is 0.310 e. The minimum atomic E-state index is -1.27. The fraction of sp³-hybridized carbons (Fsp3) is 0.257. The van der Waals surface area contributed by atoms with E-state index in [1.807, 2.05) is 42.5 Å². The molecule has 246 valence electrons. The highest BCUT2D eigenvalue weighted by Crippen LogP contribution is 2.33. The van der Waals surface area contributed by atoms with Crippen molar-refractivity contribution in [1.82, 2.24) is 15.6 Å². The van der Waals surface area contributed by atoms with Crippen LogP contribution in [0.3, 0.4) is 0 Å². The standard InChI is InChI=1S/C35H33N5O8/c1-46-21-30(42)39-18-26(38-33(44)32-24-12-6-5-11-23(24)15-16-36-32)34(45)40(28-14-8-7-13-27(28)39)19-29(41)37-25-17-31(43)48-35(25)47-20-22-9-3-2-4-10-22/h2-16,25-26,35H,17-21H2,1H3,(H,37,41)(H,38,44)/t25-,26?,35?/m0/s1. The Morgan fingerprint density at radius 2 is 1.65 bits per heavy atom. The van der Waals surface area contributed by atoms with Crippen LogP contribution in [0.15, 0.2) is 91.1 Å². The van der Waals surface area contributed by atoms with Crippen LogP contribution in [0.4, 0.5) is 11.4 Å². The van der Waals surface area contributed by atoms with Crippen molar-refractivity contribution in [2.24, 2.45) is 0 Å². The first-order valence-electron chi connectivity index (χ1n) is 15.3. The average Bonchev–Trinajstić information content (AvgIpc) is 3.40.